The smallest absolute Gasteiger partial charge is 0.253 e. The topological polar surface area (TPSA) is 46.3 Å². The van der Waals surface area contributed by atoms with E-state index in [4.69, 9.17) is 28.9 Å². The van der Waals surface area contributed by atoms with Crippen molar-refractivity contribution in [3.63, 3.8) is 0 Å². The molecule has 1 amide bonds. The van der Waals surface area contributed by atoms with Gasteiger partial charge in [0.05, 0.1) is 15.7 Å². The molecular formula is C16H22Cl2N2O. The first-order valence-corrected chi connectivity index (χ1v) is 7.99. The Morgan fingerprint density at radius 3 is 2.29 bits per heavy atom. The van der Waals surface area contributed by atoms with Gasteiger partial charge >= 0.3 is 0 Å². The molecule has 0 radical (unpaired) electrons. The van der Waals surface area contributed by atoms with Crippen LogP contribution in [0.15, 0.2) is 12.1 Å². The molecule has 116 valence electrons. The van der Waals surface area contributed by atoms with Crippen LogP contribution in [0.25, 0.3) is 0 Å². The van der Waals surface area contributed by atoms with Crippen molar-refractivity contribution in [1.29, 1.82) is 0 Å². The fourth-order valence-corrected chi connectivity index (χ4v) is 3.20. The summed E-state index contributed by atoms with van der Waals surface area (Å²) in [5, 5.41) is 0.629. The summed E-state index contributed by atoms with van der Waals surface area (Å²) in [6.45, 7) is 8.33. The molecule has 5 heteroatoms. The van der Waals surface area contributed by atoms with Gasteiger partial charge in [-0.2, -0.15) is 0 Å². The zero-order chi connectivity index (χ0) is 15.8. The molecule has 3 nitrogen and oxygen atoms in total. The Labute approximate surface area is 136 Å². The highest BCUT2D eigenvalue weighted by Gasteiger charge is 2.30. The van der Waals surface area contributed by atoms with Crippen molar-refractivity contribution >= 4 is 34.8 Å². The number of halogens is 2. The number of carbonyl (C=O) groups excluding carboxylic acids is 1. The quantitative estimate of drug-likeness (QED) is 0.773. The third-order valence-electron chi connectivity index (χ3n) is 4.31. The molecule has 0 saturated carbocycles. The van der Waals surface area contributed by atoms with Gasteiger partial charge in [-0.05, 0) is 36.3 Å². The average molecular weight is 329 g/mol. The monoisotopic (exact) mass is 328 g/mol. The van der Waals surface area contributed by atoms with Gasteiger partial charge in [-0.3, -0.25) is 4.79 Å². The second kappa shape index (κ2) is 6.05. The van der Waals surface area contributed by atoms with Crippen molar-refractivity contribution in [3.05, 3.63) is 27.7 Å². The molecular weight excluding hydrogens is 307 g/mol. The minimum absolute atomic E-state index is 0.0207. The van der Waals surface area contributed by atoms with Gasteiger partial charge in [0.25, 0.3) is 5.91 Å². The lowest BCUT2D eigenvalue weighted by Gasteiger charge is -2.38. The van der Waals surface area contributed by atoms with Gasteiger partial charge in [0, 0.05) is 18.7 Å². The van der Waals surface area contributed by atoms with E-state index < -0.39 is 0 Å². The van der Waals surface area contributed by atoms with Gasteiger partial charge in [-0.1, -0.05) is 44.0 Å². The number of amides is 1. The molecule has 0 unspecified atom stereocenters. The highest BCUT2D eigenvalue weighted by atomic mass is 35.5. The fourth-order valence-electron chi connectivity index (χ4n) is 2.86. The van der Waals surface area contributed by atoms with Gasteiger partial charge in [0.2, 0.25) is 0 Å². The molecule has 1 aliphatic rings. The van der Waals surface area contributed by atoms with Gasteiger partial charge < -0.3 is 10.6 Å². The highest BCUT2D eigenvalue weighted by molar-refractivity contribution is 6.43. The zero-order valence-electron chi connectivity index (χ0n) is 12.7. The van der Waals surface area contributed by atoms with Gasteiger partial charge in [0.1, 0.15) is 0 Å². The van der Waals surface area contributed by atoms with Gasteiger partial charge in [-0.15, -0.1) is 0 Å². The maximum Gasteiger partial charge on any atom is 0.253 e. The molecule has 0 spiro atoms. The molecule has 0 atom stereocenters. The van der Waals surface area contributed by atoms with Crippen molar-refractivity contribution in [2.24, 2.45) is 11.3 Å². The number of nitrogen functional groups attached to an aromatic ring is 1. The number of nitrogens with two attached hydrogens (primary N) is 1. The molecule has 1 aromatic rings. The number of benzene rings is 1. The van der Waals surface area contributed by atoms with Crippen LogP contribution in [0.2, 0.25) is 10.0 Å². The van der Waals surface area contributed by atoms with E-state index in [0.29, 0.717) is 32.6 Å². The van der Waals surface area contributed by atoms with E-state index in [1.165, 1.54) is 0 Å². The van der Waals surface area contributed by atoms with E-state index >= 15 is 0 Å². The van der Waals surface area contributed by atoms with Crippen molar-refractivity contribution in [3.8, 4) is 0 Å². The molecule has 1 aliphatic heterocycles. The number of hydrogen-bond acceptors (Lipinski definition) is 2. The molecule has 0 aromatic heterocycles. The zero-order valence-corrected chi connectivity index (χ0v) is 14.3. The summed E-state index contributed by atoms with van der Waals surface area (Å²) in [6.07, 6.45) is 2.07. The predicted molar refractivity (Wildman–Crippen MR) is 89.0 cm³/mol. The molecule has 1 fully saturated rings. The summed E-state index contributed by atoms with van der Waals surface area (Å²) >= 11 is 11.9. The number of nitrogens with zero attached hydrogens (tertiary/aromatic N) is 1. The molecule has 0 bridgehead atoms. The molecule has 2 N–H and O–H groups in total. The summed E-state index contributed by atoms with van der Waals surface area (Å²) in [5.74, 6) is 0.632. The molecule has 1 saturated heterocycles. The van der Waals surface area contributed by atoms with E-state index in [-0.39, 0.29) is 5.91 Å². The normalized spacial score (nSPS) is 17.1. The number of rotatable bonds is 1. The SMILES string of the molecule is CC(C)(C)C1CCN(C(=O)c2cc(N)c(Cl)c(Cl)c2)CC1. The Kier molecular flexibility index (Phi) is 4.74. The second-order valence-electron chi connectivity index (χ2n) is 6.79. The lowest BCUT2D eigenvalue weighted by molar-refractivity contribution is 0.0609. The second-order valence-corrected chi connectivity index (χ2v) is 7.58. The molecule has 1 aromatic carbocycles. The fraction of sp³-hybridized carbons (Fsp3) is 0.562. The first-order chi connectivity index (χ1) is 9.70. The van der Waals surface area contributed by atoms with E-state index in [0.717, 1.165) is 25.9 Å². The van der Waals surface area contributed by atoms with Crippen LogP contribution in [0.4, 0.5) is 5.69 Å². The van der Waals surface area contributed by atoms with Gasteiger partial charge in [-0.25, -0.2) is 0 Å². The van der Waals surface area contributed by atoms with Crippen LogP contribution in [0, 0.1) is 11.3 Å². The summed E-state index contributed by atoms with van der Waals surface area (Å²) in [5.41, 5.74) is 6.93. The maximum absolute atomic E-state index is 12.5. The van der Waals surface area contributed by atoms with Crippen molar-refractivity contribution in [2.45, 2.75) is 33.6 Å². The average Bonchev–Trinajstić information content (AvgIpc) is 2.42. The van der Waals surface area contributed by atoms with Crippen LogP contribution in [0.1, 0.15) is 44.0 Å². The number of anilines is 1. The Balaban J connectivity index is 2.09. The van der Waals surface area contributed by atoms with Crippen LogP contribution < -0.4 is 5.73 Å². The highest BCUT2D eigenvalue weighted by Crippen LogP contribution is 2.35. The third kappa shape index (κ3) is 3.64. The van der Waals surface area contributed by atoms with Crippen molar-refractivity contribution in [1.82, 2.24) is 4.90 Å². The molecule has 21 heavy (non-hydrogen) atoms. The Hall–Kier alpha value is -0.930. The first-order valence-electron chi connectivity index (χ1n) is 7.24. The molecule has 0 aliphatic carbocycles. The van der Waals surface area contributed by atoms with E-state index in [9.17, 15) is 4.79 Å². The molecule has 2 rings (SSSR count). The van der Waals surface area contributed by atoms with Crippen LogP contribution >= 0.6 is 23.2 Å². The predicted octanol–water partition coefficient (Wildman–Crippen LogP) is 4.47. The van der Waals surface area contributed by atoms with E-state index in [1.54, 1.807) is 12.1 Å². The summed E-state index contributed by atoms with van der Waals surface area (Å²) < 4.78 is 0. The van der Waals surface area contributed by atoms with E-state index in [2.05, 4.69) is 20.8 Å². The molecule has 1 heterocycles. The van der Waals surface area contributed by atoms with Crippen molar-refractivity contribution < 1.29 is 4.79 Å². The van der Waals surface area contributed by atoms with Crippen LogP contribution in [-0.2, 0) is 0 Å². The Morgan fingerprint density at radius 2 is 1.81 bits per heavy atom. The summed E-state index contributed by atoms with van der Waals surface area (Å²) in [4.78, 5) is 14.4. The lowest BCUT2D eigenvalue weighted by atomic mass is 9.75. The largest absolute Gasteiger partial charge is 0.397 e. The number of piperidine rings is 1. The standard InChI is InChI=1S/C16H22Cl2N2O/c1-16(2,3)11-4-6-20(7-5-11)15(21)10-8-12(17)14(18)13(19)9-10/h8-9,11H,4-7,19H2,1-3H3. The van der Waals surface area contributed by atoms with Crippen LogP contribution in [0.5, 0.6) is 0 Å². The summed E-state index contributed by atoms with van der Waals surface area (Å²) in [6, 6.07) is 3.20. The number of carbonyl (C=O) groups is 1. The third-order valence-corrected chi connectivity index (χ3v) is 5.13. The maximum atomic E-state index is 12.5. The number of hydrogen-bond donors (Lipinski definition) is 1. The van der Waals surface area contributed by atoms with Crippen LogP contribution in [-0.4, -0.2) is 23.9 Å². The van der Waals surface area contributed by atoms with Crippen LogP contribution in [0.3, 0.4) is 0 Å². The summed E-state index contributed by atoms with van der Waals surface area (Å²) in [7, 11) is 0. The van der Waals surface area contributed by atoms with Gasteiger partial charge in [0.15, 0.2) is 0 Å². The van der Waals surface area contributed by atoms with Crippen molar-refractivity contribution in [2.75, 3.05) is 18.8 Å². The first kappa shape index (κ1) is 16.4. The number of likely N-dealkylation sites (tertiary alicyclic amines) is 1. The van der Waals surface area contributed by atoms with E-state index in [1.807, 2.05) is 4.90 Å². The minimum atomic E-state index is -0.0207. The Bertz CT molecular complexity index is 521. The minimum Gasteiger partial charge on any atom is -0.397 e. The Morgan fingerprint density at radius 1 is 1.24 bits per heavy atom. The lowest BCUT2D eigenvalue weighted by Crippen LogP contribution is -2.41.